The first kappa shape index (κ1) is 16.3. The van der Waals surface area contributed by atoms with E-state index in [2.05, 4.69) is 10.1 Å². The van der Waals surface area contributed by atoms with E-state index in [1.165, 1.54) is 12.1 Å². The van der Waals surface area contributed by atoms with Gasteiger partial charge in [0.15, 0.2) is 0 Å². The fourth-order valence-corrected chi connectivity index (χ4v) is 3.00. The normalized spacial score (nSPS) is 16.9. The van der Waals surface area contributed by atoms with Crippen molar-refractivity contribution in [1.29, 1.82) is 0 Å². The molecule has 2 aromatic carbocycles. The van der Waals surface area contributed by atoms with Gasteiger partial charge < -0.3 is 14.2 Å². The van der Waals surface area contributed by atoms with E-state index in [0.717, 1.165) is 11.3 Å². The number of anilines is 1. The summed E-state index contributed by atoms with van der Waals surface area (Å²) in [4.78, 5) is 18.4. The van der Waals surface area contributed by atoms with Crippen LogP contribution in [-0.2, 0) is 4.79 Å². The molecule has 0 radical (unpaired) electrons. The van der Waals surface area contributed by atoms with E-state index in [-0.39, 0.29) is 24.1 Å². The monoisotopic (exact) mass is 353 g/mol. The van der Waals surface area contributed by atoms with Crippen LogP contribution >= 0.6 is 0 Å². The molecule has 0 spiro atoms. The van der Waals surface area contributed by atoms with Crippen molar-refractivity contribution in [3.8, 4) is 17.1 Å². The van der Waals surface area contributed by atoms with Gasteiger partial charge in [-0.1, -0.05) is 5.16 Å². The Morgan fingerprint density at radius 1 is 1.15 bits per heavy atom. The molecule has 1 aromatic heterocycles. The van der Waals surface area contributed by atoms with Crippen LogP contribution in [0.3, 0.4) is 0 Å². The number of aromatic nitrogens is 2. The molecule has 1 atom stereocenters. The average molecular weight is 353 g/mol. The number of benzene rings is 2. The predicted molar refractivity (Wildman–Crippen MR) is 92.4 cm³/mol. The number of ether oxygens (including phenoxy) is 1. The number of carbonyl (C=O) groups is 1. The van der Waals surface area contributed by atoms with Gasteiger partial charge in [0.25, 0.3) is 0 Å². The summed E-state index contributed by atoms with van der Waals surface area (Å²) in [5.74, 6) is 1.06. The molecule has 1 aliphatic heterocycles. The molecule has 1 amide bonds. The number of rotatable bonds is 4. The summed E-state index contributed by atoms with van der Waals surface area (Å²) in [6.45, 7) is 0.425. The molecule has 132 valence electrons. The Bertz CT molecular complexity index is 922. The summed E-state index contributed by atoms with van der Waals surface area (Å²) in [5, 5.41) is 4.01. The van der Waals surface area contributed by atoms with Crippen molar-refractivity contribution < 1.29 is 18.4 Å². The third kappa shape index (κ3) is 3.03. The third-order valence-corrected chi connectivity index (χ3v) is 4.40. The van der Waals surface area contributed by atoms with Crippen LogP contribution in [-0.4, -0.2) is 29.7 Å². The first-order valence-corrected chi connectivity index (χ1v) is 8.18. The molecule has 4 rings (SSSR count). The Morgan fingerprint density at radius 2 is 1.88 bits per heavy atom. The molecule has 3 aromatic rings. The molecule has 0 bridgehead atoms. The number of hydrogen-bond acceptors (Lipinski definition) is 5. The zero-order valence-corrected chi connectivity index (χ0v) is 14.1. The van der Waals surface area contributed by atoms with Crippen LogP contribution in [0, 0.1) is 5.82 Å². The molecule has 0 unspecified atom stereocenters. The van der Waals surface area contributed by atoms with Gasteiger partial charge in [-0.3, -0.25) is 4.79 Å². The van der Waals surface area contributed by atoms with Crippen molar-refractivity contribution >= 4 is 11.6 Å². The predicted octanol–water partition coefficient (Wildman–Crippen LogP) is 3.40. The lowest BCUT2D eigenvalue weighted by atomic mass is 10.1. The van der Waals surface area contributed by atoms with Crippen molar-refractivity contribution in [2.45, 2.75) is 12.3 Å². The van der Waals surface area contributed by atoms with E-state index in [4.69, 9.17) is 9.26 Å². The van der Waals surface area contributed by atoms with Gasteiger partial charge in [0.05, 0.1) is 13.0 Å². The number of nitrogens with zero attached hydrogens (tertiary/aromatic N) is 3. The molecule has 26 heavy (non-hydrogen) atoms. The number of amides is 1. The fraction of sp³-hybridized carbons (Fsp3) is 0.211. The van der Waals surface area contributed by atoms with Gasteiger partial charge in [-0.25, -0.2) is 4.39 Å². The Labute approximate surface area is 149 Å². The zero-order valence-electron chi connectivity index (χ0n) is 14.1. The Morgan fingerprint density at radius 3 is 2.58 bits per heavy atom. The Balaban J connectivity index is 1.52. The highest BCUT2D eigenvalue weighted by molar-refractivity contribution is 5.96. The van der Waals surface area contributed by atoms with Crippen LogP contribution in [0.1, 0.15) is 18.2 Å². The van der Waals surface area contributed by atoms with Crippen LogP contribution in [0.25, 0.3) is 11.4 Å². The molecule has 6 nitrogen and oxygen atoms in total. The third-order valence-electron chi connectivity index (χ3n) is 4.40. The first-order chi connectivity index (χ1) is 12.6. The maximum atomic E-state index is 13.1. The van der Waals surface area contributed by atoms with Gasteiger partial charge in [-0.2, -0.15) is 4.98 Å². The molecule has 1 fully saturated rings. The van der Waals surface area contributed by atoms with Crippen LogP contribution in [0.2, 0.25) is 0 Å². The zero-order chi connectivity index (χ0) is 18.1. The number of hydrogen-bond donors (Lipinski definition) is 0. The van der Waals surface area contributed by atoms with Crippen molar-refractivity contribution in [1.82, 2.24) is 10.1 Å². The van der Waals surface area contributed by atoms with Gasteiger partial charge in [0, 0.05) is 24.2 Å². The highest BCUT2D eigenvalue weighted by Gasteiger charge is 2.35. The van der Waals surface area contributed by atoms with Crippen molar-refractivity contribution in [3.05, 3.63) is 60.2 Å². The second kappa shape index (κ2) is 6.59. The van der Waals surface area contributed by atoms with Gasteiger partial charge in [0.1, 0.15) is 11.6 Å². The summed E-state index contributed by atoms with van der Waals surface area (Å²) in [6.07, 6.45) is 0.279. The summed E-state index contributed by atoms with van der Waals surface area (Å²) in [7, 11) is 1.60. The average Bonchev–Trinajstić information content (AvgIpc) is 3.29. The minimum absolute atomic E-state index is 0.0502. The maximum Gasteiger partial charge on any atom is 0.232 e. The van der Waals surface area contributed by atoms with Crippen molar-refractivity contribution in [2.75, 3.05) is 18.6 Å². The minimum Gasteiger partial charge on any atom is -0.497 e. The highest BCUT2D eigenvalue weighted by atomic mass is 19.1. The van der Waals surface area contributed by atoms with E-state index in [1.54, 1.807) is 24.1 Å². The molecular weight excluding hydrogens is 337 g/mol. The van der Waals surface area contributed by atoms with E-state index in [0.29, 0.717) is 23.9 Å². The van der Waals surface area contributed by atoms with Crippen LogP contribution in [0.15, 0.2) is 53.1 Å². The molecule has 0 saturated carbocycles. The number of methoxy groups -OCH3 is 1. The van der Waals surface area contributed by atoms with E-state index in [9.17, 15) is 9.18 Å². The van der Waals surface area contributed by atoms with Crippen LogP contribution < -0.4 is 9.64 Å². The fourth-order valence-electron chi connectivity index (χ4n) is 3.00. The van der Waals surface area contributed by atoms with E-state index in [1.807, 2.05) is 24.3 Å². The van der Waals surface area contributed by atoms with Crippen molar-refractivity contribution in [3.63, 3.8) is 0 Å². The highest BCUT2D eigenvalue weighted by Crippen LogP contribution is 2.32. The Kier molecular flexibility index (Phi) is 4.12. The summed E-state index contributed by atoms with van der Waals surface area (Å²) in [5.41, 5.74) is 1.47. The molecule has 7 heteroatoms. The lowest BCUT2D eigenvalue weighted by Gasteiger charge is -2.15. The summed E-state index contributed by atoms with van der Waals surface area (Å²) < 4.78 is 23.6. The largest absolute Gasteiger partial charge is 0.497 e. The second-order valence-corrected chi connectivity index (χ2v) is 6.07. The van der Waals surface area contributed by atoms with Gasteiger partial charge in [0.2, 0.25) is 17.6 Å². The molecule has 0 aliphatic carbocycles. The van der Waals surface area contributed by atoms with Crippen LogP contribution in [0.4, 0.5) is 10.1 Å². The topological polar surface area (TPSA) is 68.5 Å². The van der Waals surface area contributed by atoms with E-state index >= 15 is 0 Å². The Hall–Kier alpha value is -3.22. The molecule has 2 heterocycles. The summed E-state index contributed by atoms with van der Waals surface area (Å²) >= 11 is 0. The second-order valence-electron chi connectivity index (χ2n) is 6.07. The number of carbonyl (C=O) groups excluding carboxylic acids is 1. The van der Waals surface area contributed by atoms with Gasteiger partial charge >= 0.3 is 0 Å². The minimum atomic E-state index is -0.335. The smallest absolute Gasteiger partial charge is 0.232 e. The lowest BCUT2D eigenvalue weighted by molar-refractivity contribution is -0.117. The molecule has 1 saturated heterocycles. The SMILES string of the molecule is COc1ccc(-c2noc([C@@H]3CC(=O)N(c4ccc(F)cc4)C3)n2)cc1. The van der Waals surface area contributed by atoms with Crippen molar-refractivity contribution in [2.24, 2.45) is 0 Å². The van der Waals surface area contributed by atoms with Gasteiger partial charge in [-0.05, 0) is 48.5 Å². The maximum absolute atomic E-state index is 13.1. The van der Waals surface area contributed by atoms with Crippen LogP contribution in [0.5, 0.6) is 5.75 Å². The van der Waals surface area contributed by atoms with Gasteiger partial charge in [-0.15, -0.1) is 0 Å². The number of halogens is 1. The first-order valence-electron chi connectivity index (χ1n) is 8.18. The summed E-state index contributed by atoms with van der Waals surface area (Å²) in [6, 6.07) is 13.2. The standard InChI is InChI=1S/C19H16FN3O3/c1-25-16-8-2-12(3-9-16)18-21-19(26-22-18)13-10-17(24)23(11-13)15-6-4-14(20)5-7-15/h2-9,13H,10-11H2,1H3/t13-/m1/s1. The molecule has 1 aliphatic rings. The quantitative estimate of drug-likeness (QED) is 0.719. The van der Waals surface area contributed by atoms with E-state index < -0.39 is 0 Å². The lowest BCUT2D eigenvalue weighted by Crippen LogP contribution is -2.24. The molecular formula is C19H16FN3O3. The molecule has 0 N–H and O–H groups in total.